The SMILES string of the molecule is Cc1nc2ccccc2c(C)c1CC(=O)N1CCN(C(=O)c2ccoc2)CC1. The molecule has 28 heavy (non-hydrogen) atoms. The predicted octanol–water partition coefficient (Wildman–Crippen LogP) is 2.97. The molecule has 6 nitrogen and oxygen atoms in total. The Hall–Kier alpha value is -3.15. The van der Waals surface area contributed by atoms with Crippen molar-refractivity contribution in [3.8, 4) is 0 Å². The summed E-state index contributed by atoms with van der Waals surface area (Å²) in [6.07, 6.45) is 3.29. The van der Waals surface area contributed by atoms with E-state index in [2.05, 4.69) is 11.9 Å². The van der Waals surface area contributed by atoms with Gasteiger partial charge in [0.2, 0.25) is 5.91 Å². The van der Waals surface area contributed by atoms with Crippen LogP contribution in [0.4, 0.5) is 0 Å². The number of carbonyl (C=O) groups is 2. The highest BCUT2D eigenvalue weighted by atomic mass is 16.3. The maximum atomic E-state index is 12.9. The fraction of sp³-hybridized carbons (Fsp3) is 0.318. The van der Waals surface area contributed by atoms with E-state index >= 15 is 0 Å². The van der Waals surface area contributed by atoms with E-state index in [0.717, 1.165) is 27.7 Å². The van der Waals surface area contributed by atoms with Crippen molar-refractivity contribution in [3.63, 3.8) is 0 Å². The molecule has 0 aliphatic carbocycles. The Morgan fingerprint density at radius 1 is 1.04 bits per heavy atom. The van der Waals surface area contributed by atoms with Crippen LogP contribution in [-0.2, 0) is 11.2 Å². The van der Waals surface area contributed by atoms with Crippen LogP contribution in [0.5, 0.6) is 0 Å². The van der Waals surface area contributed by atoms with E-state index < -0.39 is 0 Å². The molecule has 0 bridgehead atoms. The number of benzene rings is 1. The number of amides is 2. The number of piperazine rings is 1. The molecule has 1 aliphatic rings. The zero-order valence-corrected chi connectivity index (χ0v) is 16.1. The average molecular weight is 377 g/mol. The summed E-state index contributed by atoms with van der Waals surface area (Å²) in [6, 6.07) is 9.68. The van der Waals surface area contributed by atoms with Crippen molar-refractivity contribution in [2.45, 2.75) is 20.3 Å². The number of aromatic nitrogens is 1. The first-order valence-corrected chi connectivity index (χ1v) is 9.48. The van der Waals surface area contributed by atoms with E-state index in [1.54, 1.807) is 11.0 Å². The van der Waals surface area contributed by atoms with Crippen LogP contribution in [0.2, 0.25) is 0 Å². The number of hydrogen-bond donors (Lipinski definition) is 0. The first-order chi connectivity index (χ1) is 13.5. The summed E-state index contributed by atoms with van der Waals surface area (Å²) in [5, 5.41) is 1.09. The number of hydrogen-bond acceptors (Lipinski definition) is 4. The van der Waals surface area contributed by atoms with Gasteiger partial charge in [0, 0.05) is 37.3 Å². The largest absolute Gasteiger partial charge is 0.472 e. The number of aryl methyl sites for hydroxylation is 2. The number of para-hydroxylation sites is 1. The van der Waals surface area contributed by atoms with E-state index in [4.69, 9.17) is 4.42 Å². The molecule has 0 radical (unpaired) electrons. The van der Waals surface area contributed by atoms with Gasteiger partial charge in [-0.05, 0) is 37.1 Å². The van der Waals surface area contributed by atoms with Crippen LogP contribution in [0.15, 0.2) is 47.3 Å². The number of fused-ring (bicyclic) bond motifs is 1. The number of carbonyl (C=O) groups excluding carboxylic acids is 2. The van der Waals surface area contributed by atoms with Crippen molar-refractivity contribution in [2.75, 3.05) is 26.2 Å². The Kier molecular flexibility index (Phi) is 4.86. The Labute approximate surface area is 163 Å². The van der Waals surface area contributed by atoms with Gasteiger partial charge < -0.3 is 14.2 Å². The van der Waals surface area contributed by atoms with Gasteiger partial charge in [0.05, 0.1) is 23.8 Å². The topological polar surface area (TPSA) is 66.7 Å². The smallest absolute Gasteiger partial charge is 0.257 e. The first-order valence-electron chi connectivity index (χ1n) is 9.48. The molecule has 1 fully saturated rings. The van der Waals surface area contributed by atoms with Crippen molar-refractivity contribution in [3.05, 3.63) is 65.2 Å². The van der Waals surface area contributed by atoms with Crippen LogP contribution >= 0.6 is 0 Å². The minimum atomic E-state index is -0.0498. The van der Waals surface area contributed by atoms with Gasteiger partial charge in [0.25, 0.3) is 5.91 Å². The predicted molar refractivity (Wildman–Crippen MR) is 106 cm³/mol. The first kappa shape index (κ1) is 18.2. The average Bonchev–Trinajstić information content (AvgIpc) is 3.25. The summed E-state index contributed by atoms with van der Waals surface area (Å²) in [5.74, 6) is 0.0324. The van der Waals surface area contributed by atoms with Gasteiger partial charge >= 0.3 is 0 Å². The van der Waals surface area contributed by atoms with Crippen LogP contribution in [0.3, 0.4) is 0 Å². The number of pyridine rings is 1. The molecule has 0 atom stereocenters. The molecule has 1 aliphatic heterocycles. The quantitative estimate of drug-likeness (QED) is 0.704. The lowest BCUT2D eigenvalue weighted by Crippen LogP contribution is -2.51. The molecular formula is C22H23N3O3. The summed E-state index contributed by atoms with van der Waals surface area (Å²) < 4.78 is 4.99. The van der Waals surface area contributed by atoms with Gasteiger partial charge in [0.15, 0.2) is 0 Å². The van der Waals surface area contributed by atoms with Gasteiger partial charge in [-0.3, -0.25) is 14.6 Å². The molecule has 1 saturated heterocycles. The van der Waals surface area contributed by atoms with Gasteiger partial charge in [0.1, 0.15) is 6.26 Å². The van der Waals surface area contributed by atoms with E-state index in [0.29, 0.717) is 38.2 Å². The van der Waals surface area contributed by atoms with E-state index in [-0.39, 0.29) is 11.8 Å². The van der Waals surface area contributed by atoms with Crippen LogP contribution in [-0.4, -0.2) is 52.8 Å². The fourth-order valence-corrected chi connectivity index (χ4v) is 3.82. The van der Waals surface area contributed by atoms with Gasteiger partial charge in [-0.1, -0.05) is 18.2 Å². The van der Waals surface area contributed by atoms with Crippen LogP contribution in [0, 0.1) is 13.8 Å². The summed E-state index contributed by atoms with van der Waals surface area (Å²) >= 11 is 0. The summed E-state index contributed by atoms with van der Waals surface area (Å²) in [4.78, 5) is 33.6. The lowest BCUT2D eigenvalue weighted by Gasteiger charge is -2.34. The number of furan rings is 1. The third-order valence-corrected chi connectivity index (χ3v) is 5.50. The van der Waals surface area contributed by atoms with E-state index in [1.807, 2.05) is 36.1 Å². The Bertz CT molecular complexity index is 1020. The molecular weight excluding hydrogens is 354 g/mol. The molecule has 0 N–H and O–H groups in total. The van der Waals surface area contributed by atoms with E-state index in [1.165, 1.54) is 12.5 Å². The second-order valence-electron chi connectivity index (χ2n) is 7.18. The molecule has 2 aromatic heterocycles. The molecule has 1 aromatic carbocycles. The molecule has 3 heterocycles. The lowest BCUT2D eigenvalue weighted by atomic mass is 9.99. The van der Waals surface area contributed by atoms with Crippen LogP contribution in [0.25, 0.3) is 10.9 Å². The Balaban J connectivity index is 1.44. The van der Waals surface area contributed by atoms with Crippen molar-refractivity contribution in [1.29, 1.82) is 0 Å². The maximum absolute atomic E-state index is 12.9. The zero-order chi connectivity index (χ0) is 19.7. The monoisotopic (exact) mass is 377 g/mol. The minimum Gasteiger partial charge on any atom is -0.472 e. The highest BCUT2D eigenvalue weighted by Crippen LogP contribution is 2.23. The van der Waals surface area contributed by atoms with Crippen molar-refractivity contribution in [1.82, 2.24) is 14.8 Å². The Morgan fingerprint density at radius 2 is 1.75 bits per heavy atom. The molecule has 4 rings (SSSR count). The van der Waals surface area contributed by atoms with Crippen LogP contribution in [0.1, 0.15) is 27.2 Å². The molecule has 2 amide bonds. The summed E-state index contributed by atoms with van der Waals surface area (Å²) in [7, 11) is 0. The number of nitrogens with zero attached hydrogens (tertiary/aromatic N) is 3. The molecule has 0 saturated carbocycles. The third kappa shape index (κ3) is 3.38. The van der Waals surface area contributed by atoms with E-state index in [9.17, 15) is 9.59 Å². The third-order valence-electron chi connectivity index (χ3n) is 5.50. The second-order valence-corrected chi connectivity index (χ2v) is 7.18. The second kappa shape index (κ2) is 7.46. The minimum absolute atomic E-state index is 0.0498. The van der Waals surface area contributed by atoms with Crippen molar-refractivity contribution < 1.29 is 14.0 Å². The lowest BCUT2D eigenvalue weighted by molar-refractivity contribution is -0.131. The maximum Gasteiger partial charge on any atom is 0.257 e. The molecule has 0 spiro atoms. The molecule has 3 aromatic rings. The highest BCUT2D eigenvalue weighted by molar-refractivity contribution is 5.94. The zero-order valence-electron chi connectivity index (χ0n) is 16.1. The summed E-state index contributed by atoms with van der Waals surface area (Å²) in [5.41, 5.74) is 4.53. The number of rotatable bonds is 3. The standard InChI is InChI=1S/C22H23N3O3/c1-15-18-5-3-4-6-20(18)23-16(2)19(15)13-21(26)24-8-10-25(11-9-24)22(27)17-7-12-28-14-17/h3-7,12,14H,8-11,13H2,1-2H3. The Morgan fingerprint density at radius 3 is 2.46 bits per heavy atom. The van der Waals surface area contributed by atoms with Gasteiger partial charge in [-0.2, -0.15) is 0 Å². The van der Waals surface area contributed by atoms with Crippen molar-refractivity contribution in [2.24, 2.45) is 0 Å². The van der Waals surface area contributed by atoms with Gasteiger partial charge in [-0.15, -0.1) is 0 Å². The van der Waals surface area contributed by atoms with Crippen LogP contribution < -0.4 is 0 Å². The molecule has 0 unspecified atom stereocenters. The summed E-state index contributed by atoms with van der Waals surface area (Å²) in [6.45, 7) is 6.17. The molecule has 6 heteroatoms. The molecule has 144 valence electrons. The van der Waals surface area contributed by atoms with Crippen molar-refractivity contribution >= 4 is 22.7 Å². The fourth-order valence-electron chi connectivity index (χ4n) is 3.82. The normalized spacial score (nSPS) is 14.5. The van der Waals surface area contributed by atoms with Gasteiger partial charge in [-0.25, -0.2) is 0 Å². The highest BCUT2D eigenvalue weighted by Gasteiger charge is 2.26.